The average Bonchev–Trinajstić information content (AvgIpc) is 2.61. The number of carbonyl (C=O) groups is 1. The van der Waals surface area contributed by atoms with Gasteiger partial charge in [0.2, 0.25) is 5.89 Å². The van der Waals surface area contributed by atoms with Crippen LogP contribution in [0, 0.1) is 6.92 Å². The number of alkyl carbamates (subject to hydrolysis) is 1. The van der Waals surface area contributed by atoms with Gasteiger partial charge in [0, 0.05) is 20.0 Å². The molecule has 0 unspecified atom stereocenters. The van der Waals surface area contributed by atoms with E-state index < -0.39 is 11.7 Å². The third-order valence-corrected chi connectivity index (χ3v) is 1.82. The maximum absolute atomic E-state index is 11.3. The lowest BCUT2D eigenvalue weighted by molar-refractivity contribution is 0.0528. The second kappa shape index (κ2) is 6.34. The minimum absolute atomic E-state index is 0.417. The van der Waals surface area contributed by atoms with Crippen LogP contribution in [0.4, 0.5) is 4.79 Å². The van der Waals surface area contributed by atoms with Gasteiger partial charge in [-0.1, -0.05) is 5.16 Å². The zero-order valence-corrected chi connectivity index (χ0v) is 11.2. The molecule has 7 heteroatoms. The van der Waals surface area contributed by atoms with Crippen LogP contribution < -0.4 is 10.6 Å². The number of aryl methyl sites for hydroxylation is 1. The van der Waals surface area contributed by atoms with E-state index in [1.165, 1.54) is 0 Å². The van der Waals surface area contributed by atoms with E-state index in [1.807, 2.05) is 20.8 Å². The normalized spacial score (nSPS) is 11.3. The molecule has 0 saturated carbocycles. The number of hydrogen-bond acceptors (Lipinski definition) is 6. The molecular formula is C11H20N4O3. The van der Waals surface area contributed by atoms with Crippen LogP contribution in [0.15, 0.2) is 4.52 Å². The number of nitrogens with one attached hydrogen (secondary N) is 2. The van der Waals surface area contributed by atoms with Crippen molar-refractivity contribution in [1.82, 2.24) is 20.8 Å². The molecule has 0 saturated heterocycles. The molecular weight excluding hydrogens is 236 g/mol. The van der Waals surface area contributed by atoms with E-state index >= 15 is 0 Å². The molecule has 0 aliphatic carbocycles. The quantitative estimate of drug-likeness (QED) is 0.764. The Morgan fingerprint density at radius 2 is 2.11 bits per heavy atom. The second-order valence-electron chi connectivity index (χ2n) is 4.84. The molecule has 2 N–H and O–H groups in total. The Morgan fingerprint density at radius 3 is 2.67 bits per heavy atom. The molecule has 0 aromatic carbocycles. The summed E-state index contributed by atoms with van der Waals surface area (Å²) in [5.74, 6) is 1.14. The van der Waals surface area contributed by atoms with Crippen LogP contribution >= 0.6 is 0 Å². The fourth-order valence-electron chi connectivity index (χ4n) is 1.18. The molecule has 1 aromatic heterocycles. The van der Waals surface area contributed by atoms with Gasteiger partial charge in [0.25, 0.3) is 0 Å². The topological polar surface area (TPSA) is 89.3 Å². The van der Waals surface area contributed by atoms with Gasteiger partial charge in [-0.15, -0.1) is 0 Å². The molecule has 0 aliphatic rings. The van der Waals surface area contributed by atoms with Gasteiger partial charge in [0.05, 0.1) is 6.54 Å². The number of rotatable bonds is 5. The van der Waals surface area contributed by atoms with Crippen LogP contribution in [-0.4, -0.2) is 34.9 Å². The lowest BCUT2D eigenvalue weighted by Gasteiger charge is -2.19. The van der Waals surface area contributed by atoms with E-state index in [9.17, 15) is 4.79 Å². The predicted octanol–water partition coefficient (Wildman–Crippen LogP) is 0.992. The van der Waals surface area contributed by atoms with Crippen molar-refractivity contribution >= 4 is 6.09 Å². The number of carbonyl (C=O) groups excluding carboxylic acids is 1. The zero-order valence-electron chi connectivity index (χ0n) is 11.2. The monoisotopic (exact) mass is 256 g/mol. The first-order chi connectivity index (χ1) is 8.37. The molecule has 1 aromatic rings. The minimum atomic E-state index is -0.473. The number of ether oxygens (including phenoxy) is 1. The van der Waals surface area contributed by atoms with Gasteiger partial charge in [0.15, 0.2) is 5.82 Å². The summed E-state index contributed by atoms with van der Waals surface area (Å²) in [6.45, 7) is 8.79. The molecule has 1 amide bonds. The van der Waals surface area contributed by atoms with E-state index in [-0.39, 0.29) is 0 Å². The second-order valence-corrected chi connectivity index (χ2v) is 4.84. The summed E-state index contributed by atoms with van der Waals surface area (Å²) in [6.07, 6.45) is -0.417. The lowest BCUT2D eigenvalue weighted by atomic mass is 10.2. The molecule has 7 nitrogen and oxygen atoms in total. The van der Waals surface area contributed by atoms with E-state index in [1.54, 1.807) is 6.92 Å². The Hall–Kier alpha value is -1.63. The highest BCUT2D eigenvalue weighted by atomic mass is 16.6. The highest BCUT2D eigenvalue weighted by Crippen LogP contribution is 2.05. The first-order valence-corrected chi connectivity index (χ1v) is 5.83. The third-order valence-electron chi connectivity index (χ3n) is 1.82. The smallest absolute Gasteiger partial charge is 0.407 e. The van der Waals surface area contributed by atoms with Crippen molar-refractivity contribution in [2.24, 2.45) is 0 Å². The first-order valence-electron chi connectivity index (χ1n) is 5.83. The van der Waals surface area contributed by atoms with Crippen molar-refractivity contribution in [3.05, 3.63) is 11.7 Å². The van der Waals surface area contributed by atoms with Crippen LogP contribution in [0.5, 0.6) is 0 Å². The van der Waals surface area contributed by atoms with Crippen molar-refractivity contribution < 1.29 is 14.1 Å². The molecule has 0 aliphatic heterocycles. The number of aromatic nitrogens is 2. The Kier molecular flexibility index (Phi) is 5.08. The largest absolute Gasteiger partial charge is 0.444 e. The van der Waals surface area contributed by atoms with Crippen LogP contribution in [0.3, 0.4) is 0 Å². The van der Waals surface area contributed by atoms with Crippen molar-refractivity contribution in [2.75, 3.05) is 13.1 Å². The summed E-state index contributed by atoms with van der Waals surface area (Å²) in [5.41, 5.74) is -0.473. The van der Waals surface area contributed by atoms with Crippen LogP contribution in [0.1, 0.15) is 32.5 Å². The van der Waals surface area contributed by atoms with Gasteiger partial charge >= 0.3 is 6.09 Å². The number of amides is 1. The Balaban J connectivity index is 2.07. The van der Waals surface area contributed by atoms with Crippen LogP contribution in [-0.2, 0) is 11.3 Å². The Morgan fingerprint density at radius 1 is 1.39 bits per heavy atom. The van der Waals surface area contributed by atoms with Crippen molar-refractivity contribution in [3.8, 4) is 0 Å². The summed E-state index contributed by atoms with van der Waals surface area (Å²) in [6, 6.07) is 0. The molecule has 0 spiro atoms. The molecule has 18 heavy (non-hydrogen) atoms. The number of hydrogen-bond donors (Lipinski definition) is 2. The fourth-order valence-corrected chi connectivity index (χ4v) is 1.18. The summed E-state index contributed by atoms with van der Waals surface area (Å²) < 4.78 is 9.91. The van der Waals surface area contributed by atoms with Gasteiger partial charge in [0.1, 0.15) is 5.60 Å². The summed E-state index contributed by atoms with van der Waals surface area (Å²) in [4.78, 5) is 15.3. The minimum Gasteiger partial charge on any atom is -0.444 e. The molecule has 102 valence electrons. The van der Waals surface area contributed by atoms with E-state index in [4.69, 9.17) is 9.26 Å². The average molecular weight is 256 g/mol. The van der Waals surface area contributed by atoms with Gasteiger partial charge < -0.3 is 19.9 Å². The molecule has 1 rings (SSSR count). The van der Waals surface area contributed by atoms with E-state index in [0.29, 0.717) is 31.3 Å². The summed E-state index contributed by atoms with van der Waals surface area (Å²) in [7, 11) is 0. The summed E-state index contributed by atoms with van der Waals surface area (Å²) in [5, 5.41) is 9.46. The van der Waals surface area contributed by atoms with Gasteiger partial charge in [-0.3, -0.25) is 0 Å². The van der Waals surface area contributed by atoms with Crippen molar-refractivity contribution in [1.29, 1.82) is 0 Å². The van der Waals surface area contributed by atoms with E-state index in [0.717, 1.165) is 0 Å². The maximum Gasteiger partial charge on any atom is 0.407 e. The maximum atomic E-state index is 11.3. The molecule has 0 atom stereocenters. The molecule has 0 fully saturated rings. The molecule has 0 bridgehead atoms. The van der Waals surface area contributed by atoms with Gasteiger partial charge in [-0.25, -0.2) is 4.79 Å². The van der Waals surface area contributed by atoms with Crippen LogP contribution in [0.2, 0.25) is 0 Å². The lowest BCUT2D eigenvalue weighted by Crippen LogP contribution is -2.36. The Labute approximate surface area is 106 Å². The highest BCUT2D eigenvalue weighted by Gasteiger charge is 2.15. The zero-order chi connectivity index (χ0) is 13.6. The van der Waals surface area contributed by atoms with Crippen molar-refractivity contribution in [3.63, 3.8) is 0 Å². The Bertz CT molecular complexity index is 384. The van der Waals surface area contributed by atoms with Crippen molar-refractivity contribution in [2.45, 2.75) is 39.8 Å². The highest BCUT2D eigenvalue weighted by molar-refractivity contribution is 5.67. The fraction of sp³-hybridized carbons (Fsp3) is 0.727. The predicted molar refractivity (Wildman–Crippen MR) is 65.0 cm³/mol. The molecule has 1 heterocycles. The molecule has 0 radical (unpaired) electrons. The standard InChI is InChI=1S/C11H20N4O3/c1-8-14-9(15-18-8)7-12-5-6-13-10(16)17-11(2,3)4/h12H,5-7H2,1-4H3,(H,13,16). The number of nitrogens with zero attached hydrogens (tertiary/aromatic N) is 2. The first kappa shape index (κ1) is 14.4. The summed E-state index contributed by atoms with van der Waals surface area (Å²) >= 11 is 0. The van der Waals surface area contributed by atoms with Gasteiger partial charge in [-0.05, 0) is 20.8 Å². The third kappa shape index (κ3) is 6.19. The van der Waals surface area contributed by atoms with E-state index in [2.05, 4.69) is 20.8 Å². The van der Waals surface area contributed by atoms with Crippen LogP contribution in [0.25, 0.3) is 0 Å². The SMILES string of the molecule is Cc1nc(CNCCNC(=O)OC(C)(C)C)no1. The van der Waals surface area contributed by atoms with Gasteiger partial charge in [-0.2, -0.15) is 4.98 Å².